The van der Waals surface area contributed by atoms with Crippen molar-refractivity contribution in [1.82, 2.24) is 0 Å². The van der Waals surface area contributed by atoms with Gasteiger partial charge in [0.1, 0.15) is 0 Å². The summed E-state index contributed by atoms with van der Waals surface area (Å²) in [7, 11) is 0. The molecule has 5 saturated carbocycles. The molecule has 5 aliphatic carbocycles. The molecule has 0 heterocycles. The van der Waals surface area contributed by atoms with Gasteiger partial charge in [-0.05, 0) is 65.6 Å². The van der Waals surface area contributed by atoms with Crippen molar-refractivity contribution in [3.8, 4) is 0 Å². The van der Waals surface area contributed by atoms with Crippen LogP contribution in [0.3, 0.4) is 0 Å². The highest BCUT2D eigenvalue weighted by atomic mass is 16.5. The highest BCUT2D eigenvalue weighted by molar-refractivity contribution is 5.72. The quantitative estimate of drug-likeness (QED) is 0.479. The molecule has 0 bridgehead atoms. The van der Waals surface area contributed by atoms with Crippen LogP contribution in [0.2, 0.25) is 0 Å². The molecule has 122 valence electrons. The van der Waals surface area contributed by atoms with Gasteiger partial charge in [0, 0.05) is 0 Å². The lowest BCUT2D eigenvalue weighted by Gasteiger charge is -2.35. The van der Waals surface area contributed by atoms with E-state index in [4.69, 9.17) is 4.74 Å². The molecule has 0 N–H and O–H groups in total. The van der Waals surface area contributed by atoms with Crippen molar-refractivity contribution >= 4 is 5.97 Å². The van der Waals surface area contributed by atoms with Crippen molar-refractivity contribution in [2.75, 3.05) is 6.61 Å². The maximum absolute atomic E-state index is 12.2. The molecular weight excluding hydrogens is 272 g/mol. The maximum Gasteiger partial charge on any atom is 0.306 e. The summed E-state index contributed by atoms with van der Waals surface area (Å²) in [6, 6.07) is 0. The number of carbonyl (C=O) groups is 1. The van der Waals surface area contributed by atoms with E-state index >= 15 is 0 Å². The Balaban J connectivity index is 1.09. The largest absolute Gasteiger partial charge is 0.466 e. The van der Waals surface area contributed by atoms with Gasteiger partial charge in [-0.25, -0.2) is 0 Å². The van der Waals surface area contributed by atoms with Crippen molar-refractivity contribution in [3.63, 3.8) is 0 Å². The molecule has 0 amide bonds. The fourth-order valence-electron chi connectivity index (χ4n) is 7.62. The van der Waals surface area contributed by atoms with E-state index in [0.717, 1.165) is 34.5 Å². The van der Waals surface area contributed by atoms with Crippen molar-refractivity contribution < 1.29 is 9.53 Å². The third kappa shape index (κ3) is 1.26. The highest BCUT2D eigenvalue weighted by Crippen LogP contribution is 3.23. The Morgan fingerprint density at radius 3 is 2.45 bits per heavy atom. The van der Waals surface area contributed by atoms with Crippen LogP contribution >= 0.6 is 0 Å². The number of rotatable bonds is 8. The van der Waals surface area contributed by atoms with Crippen LogP contribution in [0.4, 0.5) is 0 Å². The molecule has 0 aromatic carbocycles. The summed E-state index contributed by atoms with van der Waals surface area (Å²) in [5, 5.41) is 0. The topological polar surface area (TPSA) is 26.3 Å². The van der Waals surface area contributed by atoms with Crippen LogP contribution in [-0.4, -0.2) is 12.6 Å². The maximum atomic E-state index is 12.2. The van der Waals surface area contributed by atoms with Gasteiger partial charge in [-0.1, -0.05) is 39.5 Å². The van der Waals surface area contributed by atoms with Crippen molar-refractivity contribution in [2.24, 2.45) is 33.5 Å². The van der Waals surface area contributed by atoms with Gasteiger partial charge in [-0.3, -0.25) is 4.79 Å². The van der Waals surface area contributed by atoms with Gasteiger partial charge in [0.25, 0.3) is 0 Å². The minimum atomic E-state index is 0.0789. The van der Waals surface area contributed by atoms with Crippen molar-refractivity contribution in [1.29, 1.82) is 0 Å². The fourth-order valence-corrected chi connectivity index (χ4v) is 7.62. The molecular formula is C20H30O2. The van der Waals surface area contributed by atoms with E-state index in [-0.39, 0.29) is 11.4 Å². The molecule has 6 unspecified atom stereocenters. The second kappa shape index (κ2) is 3.92. The molecule has 0 aromatic rings. The van der Waals surface area contributed by atoms with Crippen molar-refractivity contribution in [2.45, 2.75) is 78.1 Å². The number of unbranched alkanes of at least 4 members (excludes halogenated alkanes) is 4. The molecule has 0 aromatic heterocycles. The zero-order chi connectivity index (χ0) is 15.2. The summed E-state index contributed by atoms with van der Waals surface area (Å²) < 4.78 is 5.54. The van der Waals surface area contributed by atoms with E-state index in [0.29, 0.717) is 13.0 Å². The number of hydrogen-bond donors (Lipinski definition) is 0. The predicted molar refractivity (Wildman–Crippen MR) is 85.2 cm³/mol. The molecule has 0 saturated heterocycles. The van der Waals surface area contributed by atoms with Gasteiger partial charge in [-0.15, -0.1) is 0 Å². The number of esters is 1. The Morgan fingerprint density at radius 2 is 1.73 bits per heavy atom. The summed E-state index contributed by atoms with van der Waals surface area (Å²) in [4.78, 5) is 12.2. The Kier molecular flexibility index (Phi) is 2.47. The summed E-state index contributed by atoms with van der Waals surface area (Å²) in [6.45, 7) is 5.25. The van der Waals surface area contributed by atoms with E-state index < -0.39 is 0 Å². The number of hydrogen-bond acceptors (Lipinski definition) is 2. The standard InChI is InChI=1S/C20H30O2/c1-3-4-5-6-7-10-22-16(21)13-17(2)8-9-18-15-12-20(15,18)19(18)11-14(17)19/h14-15H,3-13H2,1-2H3. The van der Waals surface area contributed by atoms with Gasteiger partial charge in [0.05, 0.1) is 13.0 Å². The third-order valence-electron chi connectivity index (χ3n) is 8.75. The van der Waals surface area contributed by atoms with Crippen LogP contribution in [0.15, 0.2) is 0 Å². The van der Waals surface area contributed by atoms with Gasteiger partial charge in [-0.2, -0.15) is 0 Å². The minimum Gasteiger partial charge on any atom is -0.466 e. The van der Waals surface area contributed by atoms with Crippen LogP contribution < -0.4 is 0 Å². The normalized spacial score (nSPS) is 54.5. The molecule has 3 spiro atoms. The third-order valence-corrected chi connectivity index (χ3v) is 8.75. The second-order valence-electron chi connectivity index (χ2n) is 9.39. The van der Waals surface area contributed by atoms with E-state index in [2.05, 4.69) is 13.8 Å². The Labute approximate surface area is 134 Å². The monoisotopic (exact) mass is 302 g/mol. The first kappa shape index (κ1) is 13.9. The lowest BCUT2D eigenvalue weighted by Crippen LogP contribution is -2.31. The van der Waals surface area contributed by atoms with Crippen LogP contribution in [0.1, 0.15) is 78.1 Å². The SMILES string of the molecule is CCCCCCCOC(=O)CC1(C)CCC23C4CC42C32CC12. The Morgan fingerprint density at radius 1 is 1.00 bits per heavy atom. The number of ether oxygens (including phenoxy) is 1. The molecule has 0 radical (unpaired) electrons. The summed E-state index contributed by atoms with van der Waals surface area (Å²) in [5.74, 6) is 2.09. The van der Waals surface area contributed by atoms with Gasteiger partial charge < -0.3 is 4.74 Å². The fraction of sp³-hybridized carbons (Fsp3) is 0.950. The summed E-state index contributed by atoms with van der Waals surface area (Å²) >= 11 is 0. The lowest BCUT2D eigenvalue weighted by molar-refractivity contribution is -0.147. The molecule has 5 fully saturated rings. The van der Waals surface area contributed by atoms with E-state index in [9.17, 15) is 4.79 Å². The first-order valence-electron chi connectivity index (χ1n) is 9.75. The minimum absolute atomic E-state index is 0.0789. The van der Waals surface area contributed by atoms with Gasteiger partial charge >= 0.3 is 5.97 Å². The molecule has 0 aliphatic heterocycles. The Bertz CT molecular complexity index is 542. The van der Waals surface area contributed by atoms with Crippen LogP contribution in [-0.2, 0) is 9.53 Å². The van der Waals surface area contributed by atoms with Crippen LogP contribution in [0, 0.1) is 33.5 Å². The zero-order valence-corrected chi connectivity index (χ0v) is 14.2. The average molecular weight is 302 g/mol. The van der Waals surface area contributed by atoms with Gasteiger partial charge in [0.15, 0.2) is 0 Å². The summed E-state index contributed by atoms with van der Waals surface area (Å²) in [6.07, 6.45) is 12.5. The molecule has 5 aliphatic rings. The molecule has 6 atom stereocenters. The number of carbonyl (C=O) groups excluding carboxylic acids is 1. The van der Waals surface area contributed by atoms with Crippen LogP contribution in [0.25, 0.3) is 0 Å². The molecule has 5 rings (SSSR count). The Hall–Kier alpha value is -0.530. The second-order valence-corrected chi connectivity index (χ2v) is 9.39. The summed E-state index contributed by atoms with van der Waals surface area (Å²) in [5.41, 5.74) is 2.72. The average Bonchev–Trinajstić information content (AvgIpc) is 3.33. The molecule has 2 heteroatoms. The predicted octanol–water partition coefficient (Wildman–Crippen LogP) is 4.72. The van der Waals surface area contributed by atoms with Gasteiger partial charge in [0.2, 0.25) is 0 Å². The zero-order valence-electron chi connectivity index (χ0n) is 14.2. The first-order valence-corrected chi connectivity index (χ1v) is 9.75. The van der Waals surface area contributed by atoms with Crippen molar-refractivity contribution in [3.05, 3.63) is 0 Å². The van der Waals surface area contributed by atoms with E-state index in [1.807, 2.05) is 0 Å². The lowest BCUT2D eigenvalue weighted by atomic mass is 9.69. The highest BCUT2D eigenvalue weighted by Gasteiger charge is 3.19. The molecule has 2 nitrogen and oxygen atoms in total. The van der Waals surface area contributed by atoms with E-state index in [1.54, 1.807) is 6.42 Å². The van der Waals surface area contributed by atoms with Crippen LogP contribution in [0.5, 0.6) is 0 Å². The van der Waals surface area contributed by atoms with E-state index in [1.165, 1.54) is 44.9 Å². The smallest absolute Gasteiger partial charge is 0.306 e. The first-order chi connectivity index (χ1) is 10.6. The molecule has 22 heavy (non-hydrogen) atoms.